The molecule has 0 unspecified atom stereocenters. The van der Waals surface area contributed by atoms with Gasteiger partial charge in [-0.15, -0.1) is 0 Å². The Hall–Kier alpha value is -2.52. The maximum atomic E-state index is 11.8. The van der Waals surface area contributed by atoms with Gasteiger partial charge < -0.3 is 5.32 Å². The molecule has 0 bridgehead atoms. The second-order valence-electron chi connectivity index (χ2n) is 4.22. The van der Waals surface area contributed by atoms with Crippen molar-refractivity contribution in [1.29, 1.82) is 5.26 Å². The number of aryl methyl sites for hydroxylation is 2. The Morgan fingerprint density at radius 1 is 1.45 bits per heavy atom. The van der Waals surface area contributed by atoms with Crippen molar-refractivity contribution in [2.24, 2.45) is 7.05 Å². The van der Waals surface area contributed by atoms with Crippen LogP contribution in [0.4, 0.5) is 16.3 Å². The van der Waals surface area contributed by atoms with Gasteiger partial charge in [-0.1, -0.05) is 17.7 Å². The number of hydrogen-bond donors (Lipinski definition) is 2. The summed E-state index contributed by atoms with van der Waals surface area (Å²) in [5, 5.41) is 18.6. The standard InChI is InChI=1S/C13H12ClN5O/c1-8-3-4-10(5-11(8)14)16-13(20)17-12-9(6-15)7-19(2)18-12/h3-5,7H,1-2H3,(H2,16,17,18,20). The lowest BCUT2D eigenvalue weighted by Gasteiger charge is -2.07. The van der Waals surface area contributed by atoms with Crippen molar-refractivity contribution in [2.75, 3.05) is 10.6 Å². The van der Waals surface area contributed by atoms with Gasteiger partial charge >= 0.3 is 6.03 Å². The van der Waals surface area contributed by atoms with Crippen molar-refractivity contribution in [2.45, 2.75) is 6.92 Å². The summed E-state index contributed by atoms with van der Waals surface area (Å²) in [5.74, 6) is 0.214. The Kier molecular flexibility index (Phi) is 3.91. The zero-order chi connectivity index (χ0) is 14.7. The Morgan fingerprint density at radius 3 is 2.85 bits per heavy atom. The summed E-state index contributed by atoms with van der Waals surface area (Å²) in [4.78, 5) is 11.8. The number of nitriles is 1. The Bertz CT molecular complexity index is 701. The van der Waals surface area contributed by atoms with Crippen molar-refractivity contribution in [3.05, 3.63) is 40.5 Å². The molecule has 7 heteroatoms. The van der Waals surface area contributed by atoms with Crippen LogP contribution in [0.25, 0.3) is 0 Å². The molecule has 2 N–H and O–H groups in total. The molecule has 0 fully saturated rings. The van der Waals surface area contributed by atoms with Gasteiger partial charge in [0.25, 0.3) is 0 Å². The molecule has 0 aliphatic heterocycles. The van der Waals surface area contributed by atoms with Crippen molar-refractivity contribution in [1.82, 2.24) is 9.78 Å². The maximum Gasteiger partial charge on any atom is 0.324 e. The third-order valence-corrected chi connectivity index (χ3v) is 3.02. The molecule has 0 saturated heterocycles. The van der Waals surface area contributed by atoms with E-state index in [1.807, 2.05) is 13.0 Å². The largest absolute Gasteiger partial charge is 0.324 e. The van der Waals surface area contributed by atoms with Crippen LogP contribution < -0.4 is 10.6 Å². The number of nitrogens with zero attached hydrogens (tertiary/aromatic N) is 3. The van der Waals surface area contributed by atoms with E-state index in [9.17, 15) is 4.79 Å². The van der Waals surface area contributed by atoms with E-state index in [-0.39, 0.29) is 5.82 Å². The third kappa shape index (κ3) is 3.08. The lowest BCUT2D eigenvalue weighted by atomic mass is 10.2. The summed E-state index contributed by atoms with van der Waals surface area (Å²) in [5.41, 5.74) is 1.78. The average Bonchev–Trinajstić information content (AvgIpc) is 2.74. The number of urea groups is 1. The van der Waals surface area contributed by atoms with E-state index in [1.165, 1.54) is 10.9 Å². The first kappa shape index (κ1) is 13.9. The molecule has 20 heavy (non-hydrogen) atoms. The predicted octanol–water partition coefficient (Wildman–Crippen LogP) is 2.90. The van der Waals surface area contributed by atoms with Gasteiger partial charge in [0, 0.05) is 24.0 Å². The number of nitrogens with one attached hydrogen (secondary N) is 2. The van der Waals surface area contributed by atoms with Crippen LogP contribution in [0.15, 0.2) is 24.4 Å². The molecule has 0 radical (unpaired) electrons. The van der Waals surface area contributed by atoms with E-state index in [1.54, 1.807) is 25.2 Å². The number of benzene rings is 1. The molecule has 0 saturated carbocycles. The van der Waals surface area contributed by atoms with Crippen LogP contribution in [0.3, 0.4) is 0 Å². The topological polar surface area (TPSA) is 82.7 Å². The average molecular weight is 290 g/mol. The fourth-order valence-electron chi connectivity index (χ4n) is 1.60. The molecule has 0 aliphatic rings. The number of rotatable bonds is 2. The summed E-state index contributed by atoms with van der Waals surface area (Å²) < 4.78 is 1.46. The van der Waals surface area contributed by atoms with E-state index < -0.39 is 6.03 Å². The zero-order valence-corrected chi connectivity index (χ0v) is 11.7. The minimum absolute atomic E-state index is 0.214. The van der Waals surface area contributed by atoms with Gasteiger partial charge in [-0.05, 0) is 24.6 Å². The second kappa shape index (κ2) is 5.63. The summed E-state index contributed by atoms with van der Waals surface area (Å²) in [6.07, 6.45) is 1.53. The van der Waals surface area contributed by atoms with Crippen molar-refractivity contribution in [3.63, 3.8) is 0 Å². The number of carbonyl (C=O) groups excluding carboxylic acids is 1. The molecule has 2 amide bonds. The van der Waals surface area contributed by atoms with E-state index in [4.69, 9.17) is 16.9 Å². The predicted molar refractivity (Wildman–Crippen MR) is 76.8 cm³/mol. The van der Waals surface area contributed by atoms with E-state index in [0.717, 1.165) is 5.56 Å². The molecule has 2 rings (SSSR count). The lowest BCUT2D eigenvalue weighted by molar-refractivity contribution is 0.262. The highest BCUT2D eigenvalue weighted by atomic mass is 35.5. The molecule has 1 heterocycles. The van der Waals surface area contributed by atoms with E-state index in [0.29, 0.717) is 16.3 Å². The summed E-state index contributed by atoms with van der Waals surface area (Å²) in [7, 11) is 1.67. The number of anilines is 2. The SMILES string of the molecule is Cc1ccc(NC(=O)Nc2nn(C)cc2C#N)cc1Cl. The molecule has 102 valence electrons. The number of aromatic nitrogens is 2. The first-order valence-electron chi connectivity index (χ1n) is 5.77. The summed E-state index contributed by atoms with van der Waals surface area (Å²) in [6, 6.07) is 6.67. The Morgan fingerprint density at radius 2 is 2.20 bits per heavy atom. The number of amides is 2. The van der Waals surface area contributed by atoms with Gasteiger partial charge in [0.15, 0.2) is 5.82 Å². The Labute approximate surface area is 121 Å². The normalized spacial score (nSPS) is 9.90. The van der Waals surface area contributed by atoms with Crippen molar-refractivity contribution in [3.8, 4) is 6.07 Å². The monoisotopic (exact) mass is 289 g/mol. The fraction of sp³-hybridized carbons (Fsp3) is 0.154. The zero-order valence-electron chi connectivity index (χ0n) is 10.9. The summed E-state index contributed by atoms with van der Waals surface area (Å²) in [6.45, 7) is 1.87. The first-order valence-corrected chi connectivity index (χ1v) is 6.15. The molecule has 0 aliphatic carbocycles. The minimum Gasteiger partial charge on any atom is -0.308 e. The van der Waals surface area contributed by atoms with Crippen LogP contribution in [-0.2, 0) is 7.05 Å². The van der Waals surface area contributed by atoms with Crippen molar-refractivity contribution < 1.29 is 4.79 Å². The smallest absolute Gasteiger partial charge is 0.308 e. The van der Waals surface area contributed by atoms with Gasteiger partial charge in [-0.2, -0.15) is 10.4 Å². The van der Waals surface area contributed by atoms with Crippen LogP contribution in [0.1, 0.15) is 11.1 Å². The molecule has 0 spiro atoms. The quantitative estimate of drug-likeness (QED) is 0.891. The van der Waals surface area contributed by atoms with Crippen LogP contribution in [-0.4, -0.2) is 15.8 Å². The van der Waals surface area contributed by atoms with Gasteiger partial charge in [-0.3, -0.25) is 10.00 Å². The van der Waals surface area contributed by atoms with Gasteiger partial charge in [0.1, 0.15) is 11.6 Å². The van der Waals surface area contributed by atoms with E-state index in [2.05, 4.69) is 15.7 Å². The first-order chi connectivity index (χ1) is 9.49. The molecular formula is C13H12ClN5O. The second-order valence-corrected chi connectivity index (χ2v) is 4.63. The van der Waals surface area contributed by atoms with Gasteiger partial charge in [0.2, 0.25) is 0 Å². The number of hydrogen-bond acceptors (Lipinski definition) is 3. The Balaban J connectivity index is 2.09. The van der Waals surface area contributed by atoms with Gasteiger partial charge in [0.05, 0.1) is 0 Å². The van der Waals surface area contributed by atoms with Crippen LogP contribution >= 0.6 is 11.6 Å². The summed E-state index contributed by atoms with van der Waals surface area (Å²) >= 11 is 5.98. The lowest BCUT2D eigenvalue weighted by Crippen LogP contribution is -2.20. The van der Waals surface area contributed by atoms with E-state index >= 15 is 0 Å². The van der Waals surface area contributed by atoms with Crippen molar-refractivity contribution >= 4 is 29.1 Å². The highest BCUT2D eigenvalue weighted by Crippen LogP contribution is 2.20. The molecule has 1 aromatic carbocycles. The van der Waals surface area contributed by atoms with Crippen LogP contribution in [0, 0.1) is 18.3 Å². The highest BCUT2D eigenvalue weighted by molar-refractivity contribution is 6.31. The molecule has 1 aromatic heterocycles. The molecule has 6 nitrogen and oxygen atoms in total. The minimum atomic E-state index is -0.486. The molecule has 2 aromatic rings. The highest BCUT2D eigenvalue weighted by Gasteiger charge is 2.11. The molecular weight excluding hydrogens is 278 g/mol. The fourth-order valence-corrected chi connectivity index (χ4v) is 1.78. The van der Waals surface area contributed by atoms with Crippen LogP contribution in [0.2, 0.25) is 5.02 Å². The van der Waals surface area contributed by atoms with Gasteiger partial charge in [-0.25, -0.2) is 4.79 Å². The third-order valence-electron chi connectivity index (χ3n) is 2.61. The van der Waals surface area contributed by atoms with Crippen LogP contribution in [0.5, 0.6) is 0 Å². The maximum absolute atomic E-state index is 11.8. The number of halogens is 1. The molecule has 0 atom stereocenters. The number of carbonyl (C=O) groups is 1.